The third-order valence-electron chi connectivity index (χ3n) is 4.22. The van der Waals surface area contributed by atoms with Crippen LogP contribution in [0.25, 0.3) is 0 Å². The molecule has 1 amide bonds. The molecule has 0 saturated carbocycles. The van der Waals surface area contributed by atoms with Crippen molar-refractivity contribution in [2.75, 3.05) is 25.6 Å². The Labute approximate surface area is 135 Å². The third-order valence-corrected chi connectivity index (χ3v) is 4.22. The summed E-state index contributed by atoms with van der Waals surface area (Å²) in [6, 6.07) is 8.24. The van der Waals surface area contributed by atoms with Crippen LogP contribution in [0.5, 0.6) is 0 Å². The zero-order chi connectivity index (χ0) is 16.1. The molecule has 23 heavy (non-hydrogen) atoms. The number of anilines is 1. The summed E-state index contributed by atoms with van der Waals surface area (Å²) >= 11 is 0. The lowest BCUT2D eigenvalue weighted by Gasteiger charge is -2.29. The van der Waals surface area contributed by atoms with Crippen LogP contribution >= 0.6 is 0 Å². The van der Waals surface area contributed by atoms with Gasteiger partial charge < -0.3 is 4.90 Å². The van der Waals surface area contributed by atoms with Gasteiger partial charge in [-0.15, -0.1) is 0 Å². The van der Waals surface area contributed by atoms with Crippen LogP contribution in [0.2, 0.25) is 0 Å². The fourth-order valence-corrected chi connectivity index (χ4v) is 2.79. The summed E-state index contributed by atoms with van der Waals surface area (Å²) in [7, 11) is 2.17. The second-order valence-corrected chi connectivity index (χ2v) is 5.87. The molecule has 1 aromatic heterocycles. The highest BCUT2D eigenvalue weighted by molar-refractivity contribution is 5.92. The number of hydrogen-bond donors (Lipinski definition) is 2. The highest BCUT2D eigenvalue weighted by atomic mass is 16.2. The predicted molar refractivity (Wildman–Crippen MR) is 89.0 cm³/mol. The first kappa shape index (κ1) is 15.4. The zero-order valence-electron chi connectivity index (χ0n) is 13.2. The molecule has 2 aromatic rings. The van der Waals surface area contributed by atoms with Crippen LogP contribution in [0.3, 0.4) is 0 Å². The first-order chi connectivity index (χ1) is 11.2. The fraction of sp³-hybridized carbons (Fsp3) is 0.353. The maximum atomic E-state index is 11.9. The van der Waals surface area contributed by atoms with Crippen molar-refractivity contribution in [3.05, 3.63) is 54.1 Å². The first-order valence-electron chi connectivity index (χ1n) is 7.83. The van der Waals surface area contributed by atoms with E-state index in [9.17, 15) is 4.79 Å². The number of hydrazine groups is 1. The number of hydrogen-bond acceptors (Lipinski definition) is 5. The Balaban J connectivity index is 1.54. The van der Waals surface area contributed by atoms with Crippen LogP contribution < -0.4 is 10.9 Å². The molecular weight excluding hydrogens is 290 g/mol. The minimum atomic E-state index is -0.308. The lowest BCUT2D eigenvalue weighted by atomic mass is 9.89. The number of aromatic nitrogens is 2. The van der Waals surface area contributed by atoms with Gasteiger partial charge in [0.2, 0.25) is 0 Å². The molecule has 0 unspecified atom stereocenters. The van der Waals surface area contributed by atoms with Gasteiger partial charge >= 0.3 is 0 Å². The SMILES string of the molecule is CN1CCC(c2ccc(NNC(=O)c3cnccn3)cc2)CC1. The maximum Gasteiger partial charge on any atom is 0.289 e. The van der Waals surface area contributed by atoms with Crippen molar-refractivity contribution in [3.63, 3.8) is 0 Å². The largest absolute Gasteiger partial charge is 0.306 e. The fourth-order valence-electron chi connectivity index (χ4n) is 2.79. The molecule has 2 N–H and O–H groups in total. The second kappa shape index (κ2) is 7.19. The number of nitrogens with one attached hydrogen (secondary N) is 2. The number of benzene rings is 1. The molecule has 0 aliphatic carbocycles. The summed E-state index contributed by atoms with van der Waals surface area (Å²) in [5, 5.41) is 0. The number of nitrogens with zero attached hydrogens (tertiary/aromatic N) is 3. The predicted octanol–water partition coefficient (Wildman–Crippen LogP) is 2.04. The molecule has 0 spiro atoms. The standard InChI is InChI=1S/C17H21N5O/c1-22-10-6-14(7-11-22)13-2-4-15(5-3-13)20-21-17(23)16-12-18-8-9-19-16/h2-5,8-9,12,14,20H,6-7,10-11H2,1H3,(H,21,23). The van der Waals surface area contributed by atoms with Gasteiger partial charge in [0, 0.05) is 12.4 Å². The van der Waals surface area contributed by atoms with Gasteiger partial charge in [-0.1, -0.05) is 12.1 Å². The highest BCUT2D eigenvalue weighted by Crippen LogP contribution is 2.28. The normalized spacial score (nSPS) is 16.0. The molecule has 6 heteroatoms. The maximum absolute atomic E-state index is 11.9. The number of carbonyl (C=O) groups excluding carboxylic acids is 1. The number of rotatable bonds is 4. The monoisotopic (exact) mass is 311 g/mol. The van der Waals surface area contributed by atoms with E-state index in [0.717, 1.165) is 18.8 Å². The van der Waals surface area contributed by atoms with E-state index in [1.165, 1.54) is 37.0 Å². The molecule has 6 nitrogen and oxygen atoms in total. The molecule has 2 heterocycles. The van der Waals surface area contributed by atoms with Crippen LogP contribution in [0.1, 0.15) is 34.8 Å². The van der Waals surface area contributed by atoms with E-state index in [1.807, 2.05) is 12.1 Å². The number of amides is 1. The molecule has 120 valence electrons. The Morgan fingerprint density at radius 3 is 2.57 bits per heavy atom. The van der Waals surface area contributed by atoms with Crippen LogP contribution in [0.4, 0.5) is 5.69 Å². The average molecular weight is 311 g/mol. The van der Waals surface area contributed by atoms with Crippen LogP contribution in [-0.4, -0.2) is 40.9 Å². The molecule has 1 aromatic carbocycles. The Hall–Kier alpha value is -2.47. The van der Waals surface area contributed by atoms with Gasteiger partial charge in [0.25, 0.3) is 5.91 Å². The van der Waals surface area contributed by atoms with Gasteiger partial charge in [-0.3, -0.25) is 20.6 Å². The molecule has 0 bridgehead atoms. The quantitative estimate of drug-likeness (QED) is 0.846. The van der Waals surface area contributed by atoms with Crippen molar-refractivity contribution >= 4 is 11.6 Å². The molecular formula is C17H21N5O. The van der Waals surface area contributed by atoms with Crippen molar-refractivity contribution in [2.45, 2.75) is 18.8 Å². The van der Waals surface area contributed by atoms with Gasteiger partial charge in [-0.2, -0.15) is 0 Å². The third kappa shape index (κ3) is 4.04. The van der Waals surface area contributed by atoms with E-state index in [-0.39, 0.29) is 11.6 Å². The summed E-state index contributed by atoms with van der Waals surface area (Å²) in [6.07, 6.45) is 6.86. The van der Waals surface area contributed by atoms with Crippen molar-refractivity contribution in [2.24, 2.45) is 0 Å². The van der Waals surface area contributed by atoms with Gasteiger partial charge in [-0.25, -0.2) is 4.98 Å². The summed E-state index contributed by atoms with van der Waals surface area (Å²) < 4.78 is 0. The topological polar surface area (TPSA) is 70.2 Å². The van der Waals surface area contributed by atoms with Gasteiger partial charge in [0.05, 0.1) is 11.9 Å². The van der Waals surface area contributed by atoms with E-state index in [4.69, 9.17) is 0 Å². The average Bonchev–Trinajstić information content (AvgIpc) is 2.61. The van der Waals surface area contributed by atoms with Crippen LogP contribution in [-0.2, 0) is 0 Å². The minimum Gasteiger partial charge on any atom is -0.306 e. The van der Waals surface area contributed by atoms with Crippen LogP contribution in [0.15, 0.2) is 42.9 Å². The molecule has 0 radical (unpaired) electrons. The second-order valence-electron chi connectivity index (χ2n) is 5.87. The van der Waals surface area contributed by atoms with Crippen molar-refractivity contribution in [1.82, 2.24) is 20.3 Å². The van der Waals surface area contributed by atoms with E-state index in [0.29, 0.717) is 5.92 Å². The zero-order valence-corrected chi connectivity index (χ0v) is 13.2. The smallest absolute Gasteiger partial charge is 0.289 e. The van der Waals surface area contributed by atoms with Crippen LogP contribution in [0, 0.1) is 0 Å². The Morgan fingerprint density at radius 2 is 1.91 bits per heavy atom. The Kier molecular flexibility index (Phi) is 4.83. The first-order valence-corrected chi connectivity index (χ1v) is 7.83. The lowest BCUT2D eigenvalue weighted by molar-refractivity contribution is 0.0957. The summed E-state index contributed by atoms with van der Waals surface area (Å²) in [5.74, 6) is 0.326. The number of likely N-dealkylation sites (tertiary alicyclic amines) is 1. The number of carbonyl (C=O) groups is 1. The number of piperidine rings is 1. The molecule has 1 aliphatic heterocycles. The molecule has 0 atom stereocenters. The van der Waals surface area contributed by atoms with Crippen molar-refractivity contribution in [1.29, 1.82) is 0 Å². The van der Waals surface area contributed by atoms with E-state index in [2.05, 4.69) is 44.9 Å². The Morgan fingerprint density at radius 1 is 1.17 bits per heavy atom. The molecule has 1 saturated heterocycles. The van der Waals surface area contributed by atoms with Crippen molar-refractivity contribution < 1.29 is 4.79 Å². The van der Waals surface area contributed by atoms with Gasteiger partial charge in [0.15, 0.2) is 0 Å². The molecule has 1 fully saturated rings. The van der Waals surface area contributed by atoms with E-state index >= 15 is 0 Å². The Bertz CT molecular complexity index is 636. The van der Waals surface area contributed by atoms with Crippen molar-refractivity contribution in [3.8, 4) is 0 Å². The van der Waals surface area contributed by atoms with E-state index < -0.39 is 0 Å². The minimum absolute atomic E-state index is 0.281. The lowest BCUT2D eigenvalue weighted by Crippen LogP contribution is -2.30. The van der Waals surface area contributed by atoms with Gasteiger partial charge in [-0.05, 0) is 56.6 Å². The summed E-state index contributed by atoms with van der Waals surface area (Å²) in [4.78, 5) is 22.1. The summed E-state index contributed by atoms with van der Waals surface area (Å²) in [5.41, 5.74) is 8.02. The van der Waals surface area contributed by atoms with Gasteiger partial charge in [0.1, 0.15) is 5.69 Å². The molecule has 1 aliphatic rings. The summed E-state index contributed by atoms with van der Waals surface area (Å²) in [6.45, 7) is 2.30. The van der Waals surface area contributed by atoms with E-state index in [1.54, 1.807) is 0 Å². The highest BCUT2D eigenvalue weighted by Gasteiger charge is 2.18. The molecule has 3 rings (SSSR count).